The fraction of sp³-hybridized carbons (Fsp3) is 0.267. The van der Waals surface area contributed by atoms with Gasteiger partial charge in [0.1, 0.15) is 11.6 Å². The Morgan fingerprint density at radius 1 is 1.00 bits per heavy atom. The molecule has 1 atom stereocenters. The third-order valence-electron chi connectivity index (χ3n) is 6.94. The molecular weight excluding hydrogens is 488 g/mol. The summed E-state index contributed by atoms with van der Waals surface area (Å²) in [5, 5.41) is 12.7. The molecule has 38 heavy (non-hydrogen) atoms. The third-order valence-corrected chi connectivity index (χ3v) is 6.94. The number of aryl methyl sites for hydroxylation is 2. The second-order valence-corrected chi connectivity index (χ2v) is 9.64. The van der Waals surface area contributed by atoms with Crippen LogP contribution in [0.2, 0.25) is 0 Å². The lowest BCUT2D eigenvalue weighted by molar-refractivity contribution is -0.137. The van der Waals surface area contributed by atoms with Gasteiger partial charge in [0.25, 0.3) is 5.91 Å². The highest BCUT2D eigenvalue weighted by Gasteiger charge is 2.23. The molecule has 1 amide bonds. The van der Waals surface area contributed by atoms with Gasteiger partial charge in [0.05, 0.1) is 17.3 Å². The van der Waals surface area contributed by atoms with Gasteiger partial charge in [-0.25, -0.2) is 18.7 Å². The largest absolute Gasteiger partial charge is 0.481 e. The normalized spacial score (nSPS) is 14.7. The van der Waals surface area contributed by atoms with Crippen molar-refractivity contribution in [2.24, 2.45) is 0 Å². The molecule has 0 unspecified atom stereocenters. The monoisotopic (exact) mass is 515 g/mol. The number of rotatable bonds is 8. The number of carbonyl (C=O) groups excluding carboxylic acids is 1. The van der Waals surface area contributed by atoms with E-state index in [2.05, 4.69) is 10.3 Å². The second kappa shape index (κ2) is 11.0. The van der Waals surface area contributed by atoms with Crippen molar-refractivity contribution in [1.82, 2.24) is 15.3 Å². The van der Waals surface area contributed by atoms with E-state index in [1.807, 2.05) is 6.07 Å². The first kappa shape index (κ1) is 25.4. The van der Waals surface area contributed by atoms with Crippen LogP contribution in [0, 0.1) is 11.6 Å². The van der Waals surface area contributed by atoms with Gasteiger partial charge in [-0.05, 0) is 104 Å². The van der Waals surface area contributed by atoms with Crippen molar-refractivity contribution in [3.05, 3.63) is 94.7 Å². The number of carboxylic acid groups (broad SMARTS) is 1. The summed E-state index contributed by atoms with van der Waals surface area (Å²) in [6.07, 6.45) is 5.76. The summed E-state index contributed by atoms with van der Waals surface area (Å²) in [5.74, 6) is -1.82. The van der Waals surface area contributed by atoms with Crippen molar-refractivity contribution >= 4 is 22.9 Å². The number of benzene rings is 2. The first-order chi connectivity index (χ1) is 18.4. The fourth-order valence-electron chi connectivity index (χ4n) is 5.03. The molecule has 0 aliphatic heterocycles. The molecule has 0 bridgehead atoms. The molecule has 2 aromatic carbocycles. The fourth-order valence-corrected chi connectivity index (χ4v) is 5.03. The van der Waals surface area contributed by atoms with E-state index in [-0.39, 0.29) is 30.0 Å². The molecule has 2 heterocycles. The van der Waals surface area contributed by atoms with Crippen LogP contribution in [0.3, 0.4) is 0 Å². The number of aromatic nitrogens is 2. The Labute approximate surface area is 218 Å². The predicted molar refractivity (Wildman–Crippen MR) is 140 cm³/mol. The smallest absolute Gasteiger partial charge is 0.303 e. The predicted octanol–water partition coefficient (Wildman–Crippen LogP) is 6.18. The SMILES string of the molecule is O=C(O)CCCCc1cc2cc(C(=O)N[C@H]3CCCc4ccc(F)cc43)cnc2nc1-c1ccc(F)cc1. The lowest BCUT2D eigenvalue weighted by Gasteiger charge is -2.26. The van der Waals surface area contributed by atoms with Gasteiger partial charge in [0.15, 0.2) is 5.65 Å². The molecule has 1 aliphatic rings. The van der Waals surface area contributed by atoms with E-state index in [1.54, 1.807) is 24.3 Å². The Balaban J connectivity index is 1.43. The van der Waals surface area contributed by atoms with Crippen LogP contribution in [0.1, 0.15) is 65.2 Å². The van der Waals surface area contributed by atoms with Crippen molar-refractivity contribution in [2.45, 2.75) is 51.0 Å². The number of halogens is 2. The van der Waals surface area contributed by atoms with Crippen LogP contribution in [0.25, 0.3) is 22.3 Å². The number of unbranched alkanes of at least 4 members (excludes halogenated alkanes) is 1. The zero-order chi connectivity index (χ0) is 26.6. The van der Waals surface area contributed by atoms with Crippen LogP contribution < -0.4 is 5.32 Å². The van der Waals surface area contributed by atoms with Crippen LogP contribution in [-0.2, 0) is 17.6 Å². The van der Waals surface area contributed by atoms with Crippen molar-refractivity contribution in [3.8, 4) is 11.3 Å². The van der Waals surface area contributed by atoms with Crippen molar-refractivity contribution < 1.29 is 23.5 Å². The highest BCUT2D eigenvalue weighted by molar-refractivity contribution is 5.97. The van der Waals surface area contributed by atoms with Crippen LogP contribution in [0.4, 0.5) is 8.78 Å². The summed E-state index contributed by atoms with van der Waals surface area (Å²) in [7, 11) is 0. The zero-order valence-electron chi connectivity index (χ0n) is 20.7. The molecule has 194 valence electrons. The van der Waals surface area contributed by atoms with E-state index < -0.39 is 5.97 Å². The highest BCUT2D eigenvalue weighted by atomic mass is 19.1. The first-order valence-corrected chi connectivity index (χ1v) is 12.7. The van der Waals surface area contributed by atoms with Crippen molar-refractivity contribution in [2.75, 3.05) is 0 Å². The molecule has 6 nitrogen and oxygen atoms in total. The average Bonchev–Trinajstić information content (AvgIpc) is 2.91. The van der Waals surface area contributed by atoms with Gasteiger partial charge >= 0.3 is 5.97 Å². The zero-order valence-corrected chi connectivity index (χ0v) is 20.7. The topological polar surface area (TPSA) is 92.2 Å². The van der Waals surface area contributed by atoms with Gasteiger partial charge in [-0.3, -0.25) is 9.59 Å². The van der Waals surface area contributed by atoms with Crippen LogP contribution in [-0.4, -0.2) is 27.0 Å². The Kier molecular flexibility index (Phi) is 7.40. The van der Waals surface area contributed by atoms with E-state index in [0.717, 1.165) is 41.5 Å². The summed E-state index contributed by atoms with van der Waals surface area (Å²) in [5.41, 5.74) is 4.92. The van der Waals surface area contributed by atoms with Gasteiger partial charge < -0.3 is 10.4 Å². The number of hydrogen-bond donors (Lipinski definition) is 2. The van der Waals surface area contributed by atoms with Gasteiger partial charge in [-0.2, -0.15) is 0 Å². The number of nitrogens with one attached hydrogen (secondary N) is 1. The van der Waals surface area contributed by atoms with E-state index in [4.69, 9.17) is 10.1 Å². The maximum Gasteiger partial charge on any atom is 0.303 e. The Hall–Kier alpha value is -4.20. The minimum atomic E-state index is -0.844. The highest BCUT2D eigenvalue weighted by Crippen LogP contribution is 2.31. The number of fused-ring (bicyclic) bond motifs is 2. The molecule has 0 saturated carbocycles. The number of amides is 1. The van der Waals surface area contributed by atoms with Gasteiger partial charge in [-0.15, -0.1) is 0 Å². The molecule has 0 spiro atoms. The van der Waals surface area contributed by atoms with E-state index >= 15 is 0 Å². The number of carbonyl (C=O) groups is 2. The Bertz CT molecular complexity index is 1510. The molecule has 0 fully saturated rings. The maximum absolute atomic E-state index is 13.9. The van der Waals surface area contributed by atoms with Crippen molar-refractivity contribution in [3.63, 3.8) is 0 Å². The summed E-state index contributed by atoms with van der Waals surface area (Å²) in [6.45, 7) is 0. The molecular formula is C30H27F2N3O3. The molecule has 1 aliphatic carbocycles. The molecule has 2 aromatic heterocycles. The molecule has 2 N–H and O–H groups in total. The Morgan fingerprint density at radius 2 is 1.79 bits per heavy atom. The first-order valence-electron chi connectivity index (χ1n) is 12.7. The quantitative estimate of drug-likeness (QED) is 0.274. The molecule has 0 saturated heterocycles. The molecule has 5 rings (SSSR count). The summed E-state index contributed by atoms with van der Waals surface area (Å²) >= 11 is 0. The van der Waals surface area contributed by atoms with E-state index in [9.17, 15) is 18.4 Å². The lowest BCUT2D eigenvalue weighted by atomic mass is 9.87. The Morgan fingerprint density at radius 3 is 2.58 bits per heavy atom. The van der Waals surface area contributed by atoms with Crippen LogP contribution in [0.5, 0.6) is 0 Å². The third kappa shape index (κ3) is 5.69. The number of pyridine rings is 2. The summed E-state index contributed by atoms with van der Waals surface area (Å²) < 4.78 is 27.4. The van der Waals surface area contributed by atoms with Gasteiger partial charge in [0.2, 0.25) is 0 Å². The van der Waals surface area contributed by atoms with E-state index in [0.29, 0.717) is 41.6 Å². The molecule has 8 heteroatoms. The van der Waals surface area contributed by atoms with Crippen LogP contribution >= 0.6 is 0 Å². The standard InChI is InChI=1S/C30H27F2N3O3/c31-23-11-9-19(10-12-23)28-20(4-1-2-7-27(36)37)14-21-15-22(17-33-29(21)35-28)30(38)34-26-6-3-5-18-8-13-24(32)16-25(18)26/h8-17,26H,1-7H2,(H,34,38)(H,36,37)/t26-/m0/s1. The maximum atomic E-state index is 13.9. The molecule has 4 aromatic rings. The number of aliphatic carboxylic acids is 1. The number of nitrogens with zero attached hydrogens (tertiary/aromatic N) is 2. The number of carboxylic acids is 1. The van der Waals surface area contributed by atoms with E-state index in [1.165, 1.54) is 30.5 Å². The van der Waals surface area contributed by atoms with Gasteiger partial charge in [-0.1, -0.05) is 6.07 Å². The van der Waals surface area contributed by atoms with Crippen LogP contribution in [0.15, 0.2) is 60.8 Å². The lowest BCUT2D eigenvalue weighted by Crippen LogP contribution is -2.31. The number of hydrogen-bond acceptors (Lipinski definition) is 4. The summed E-state index contributed by atoms with van der Waals surface area (Å²) in [6, 6.07) is 14.1. The van der Waals surface area contributed by atoms with Crippen molar-refractivity contribution in [1.29, 1.82) is 0 Å². The molecule has 0 radical (unpaired) electrons. The average molecular weight is 516 g/mol. The minimum absolute atomic E-state index is 0.0764. The minimum Gasteiger partial charge on any atom is -0.481 e. The van der Waals surface area contributed by atoms with Gasteiger partial charge in [0, 0.05) is 23.6 Å². The second-order valence-electron chi connectivity index (χ2n) is 9.64. The summed E-state index contributed by atoms with van der Waals surface area (Å²) in [4.78, 5) is 33.3.